The first-order valence-electron chi connectivity index (χ1n) is 10.9. The average Bonchev–Trinajstić information content (AvgIpc) is 2.89. The molecule has 0 aliphatic heterocycles. The molecule has 0 aliphatic rings. The largest absolute Gasteiger partial charge is 0.493 e. The number of nitrogens with one attached hydrogen (secondary N) is 1. The monoisotopic (exact) mass is 518 g/mol. The number of ether oxygens (including phenoxy) is 3. The van der Waals surface area contributed by atoms with Crippen molar-refractivity contribution in [3.63, 3.8) is 0 Å². The van der Waals surface area contributed by atoms with Crippen LogP contribution in [0.15, 0.2) is 79.0 Å². The van der Waals surface area contributed by atoms with Gasteiger partial charge in [-0.2, -0.15) is 0 Å². The van der Waals surface area contributed by atoms with Gasteiger partial charge >= 0.3 is 0 Å². The van der Waals surface area contributed by atoms with Crippen molar-refractivity contribution >= 4 is 56.5 Å². The summed E-state index contributed by atoms with van der Waals surface area (Å²) >= 11 is 12.0. The topological polar surface area (TPSA) is 69.7 Å². The molecule has 0 spiro atoms. The van der Waals surface area contributed by atoms with E-state index in [1.165, 1.54) is 0 Å². The molecular formula is C28H20Cl2N2O4. The van der Waals surface area contributed by atoms with Crippen LogP contribution in [-0.4, -0.2) is 25.1 Å². The third kappa shape index (κ3) is 4.73. The number of fused-ring (bicyclic) bond motifs is 2. The van der Waals surface area contributed by atoms with Crippen LogP contribution in [-0.2, 0) is 0 Å². The molecule has 1 amide bonds. The number of methoxy groups -OCH3 is 2. The highest BCUT2D eigenvalue weighted by atomic mass is 35.5. The second kappa shape index (κ2) is 9.93. The van der Waals surface area contributed by atoms with Gasteiger partial charge in [0.15, 0.2) is 11.5 Å². The number of rotatable bonds is 6. The van der Waals surface area contributed by atoms with Gasteiger partial charge in [-0.3, -0.25) is 9.78 Å². The summed E-state index contributed by atoms with van der Waals surface area (Å²) < 4.78 is 17.0. The highest BCUT2D eigenvalue weighted by molar-refractivity contribution is 6.42. The lowest BCUT2D eigenvalue weighted by molar-refractivity contribution is 0.102. The minimum Gasteiger partial charge on any atom is -0.493 e. The molecule has 1 heterocycles. The highest BCUT2D eigenvalue weighted by Crippen LogP contribution is 2.37. The Morgan fingerprint density at radius 1 is 0.778 bits per heavy atom. The SMILES string of the molecule is COc1cc2nccc(Oc3ccc4ccc(C(=O)Nc5ccc(Cl)c(Cl)c5)cc4c3)c2cc1OC. The molecule has 36 heavy (non-hydrogen) atoms. The molecule has 1 aromatic heterocycles. The minimum atomic E-state index is -0.261. The molecule has 0 bridgehead atoms. The smallest absolute Gasteiger partial charge is 0.255 e. The van der Waals surface area contributed by atoms with Crippen molar-refractivity contribution < 1.29 is 19.0 Å². The Labute approximate surface area is 217 Å². The Balaban J connectivity index is 1.44. The van der Waals surface area contributed by atoms with Crippen LogP contribution in [0.4, 0.5) is 5.69 Å². The summed E-state index contributed by atoms with van der Waals surface area (Å²) in [4.78, 5) is 17.3. The molecule has 0 unspecified atom stereocenters. The molecule has 180 valence electrons. The summed E-state index contributed by atoms with van der Waals surface area (Å²) in [6, 6.07) is 21.6. The van der Waals surface area contributed by atoms with Crippen molar-refractivity contribution in [2.75, 3.05) is 19.5 Å². The summed E-state index contributed by atoms with van der Waals surface area (Å²) in [7, 11) is 3.16. The molecule has 0 atom stereocenters. The Bertz CT molecular complexity index is 1620. The summed E-state index contributed by atoms with van der Waals surface area (Å²) in [5.41, 5.74) is 1.77. The van der Waals surface area contributed by atoms with Crippen LogP contribution < -0.4 is 19.5 Å². The number of benzene rings is 4. The Kier molecular flexibility index (Phi) is 6.55. The van der Waals surface area contributed by atoms with Crippen LogP contribution in [0.1, 0.15) is 10.4 Å². The molecule has 5 aromatic rings. The van der Waals surface area contributed by atoms with Gasteiger partial charge in [0.05, 0.1) is 29.8 Å². The molecule has 0 fully saturated rings. The van der Waals surface area contributed by atoms with Crippen LogP contribution in [0.25, 0.3) is 21.7 Å². The average molecular weight is 519 g/mol. The third-order valence-electron chi connectivity index (χ3n) is 5.69. The van der Waals surface area contributed by atoms with E-state index in [2.05, 4.69) is 10.3 Å². The van der Waals surface area contributed by atoms with Gasteiger partial charge in [-0.25, -0.2) is 0 Å². The number of halogens is 2. The van der Waals surface area contributed by atoms with Crippen molar-refractivity contribution in [3.05, 3.63) is 94.6 Å². The standard InChI is InChI=1S/C28H20Cl2N2O4/c1-34-26-14-21-24(15-27(26)35-2)31-10-9-25(21)36-20-7-5-16-3-4-17(11-18(16)12-20)28(33)32-19-6-8-22(29)23(30)13-19/h3-15H,1-2H3,(H,32,33). The van der Waals surface area contributed by atoms with E-state index >= 15 is 0 Å². The summed E-state index contributed by atoms with van der Waals surface area (Å²) in [6.07, 6.45) is 1.68. The molecule has 4 aromatic carbocycles. The Morgan fingerprint density at radius 2 is 1.56 bits per heavy atom. The van der Waals surface area contributed by atoms with E-state index in [1.54, 1.807) is 56.8 Å². The highest BCUT2D eigenvalue weighted by Gasteiger charge is 2.13. The number of carbonyl (C=O) groups excluding carboxylic acids is 1. The number of hydrogen-bond acceptors (Lipinski definition) is 5. The number of carbonyl (C=O) groups is 1. The first-order valence-corrected chi connectivity index (χ1v) is 11.7. The van der Waals surface area contributed by atoms with Gasteiger partial charge in [-0.05, 0) is 65.4 Å². The molecule has 8 heteroatoms. The molecule has 6 nitrogen and oxygen atoms in total. The summed E-state index contributed by atoms with van der Waals surface area (Å²) in [5.74, 6) is 2.15. The number of anilines is 1. The van der Waals surface area contributed by atoms with E-state index < -0.39 is 0 Å². The number of pyridine rings is 1. The molecule has 1 N–H and O–H groups in total. The van der Waals surface area contributed by atoms with Gasteiger partial charge in [-0.15, -0.1) is 0 Å². The van der Waals surface area contributed by atoms with Gasteiger partial charge in [0.1, 0.15) is 11.5 Å². The minimum absolute atomic E-state index is 0.261. The fourth-order valence-electron chi connectivity index (χ4n) is 3.87. The predicted octanol–water partition coefficient (Wildman–Crippen LogP) is 7.76. The normalized spacial score (nSPS) is 10.9. The lowest BCUT2D eigenvalue weighted by Crippen LogP contribution is -2.11. The van der Waals surface area contributed by atoms with Gasteiger partial charge in [0.2, 0.25) is 0 Å². The Hall–Kier alpha value is -4.00. The van der Waals surface area contributed by atoms with Gasteiger partial charge < -0.3 is 19.5 Å². The maximum atomic E-state index is 12.8. The molecule has 0 saturated carbocycles. The lowest BCUT2D eigenvalue weighted by Gasteiger charge is -2.13. The zero-order valence-corrected chi connectivity index (χ0v) is 20.9. The molecule has 0 saturated heterocycles. The number of aromatic nitrogens is 1. The number of hydrogen-bond donors (Lipinski definition) is 1. The van der Waals surface area contributed by atoms with Crippen molar-refractivity contribution in [2.45, 2.75) is 0 Å². The summed E-state index contributed by atoms with van der Waals surface area (Å²) in [5, 5.41) is 6.24. The molecular weight excluding hydrogens is 499 g/mol. The van der Waals surface area contributed by atoms with Gasteiger partial charge in [-0.1, -0.05) is 35.3 Å². The van der Waals surface area contributed by atoms with Gasteiger partial charge in [0, 0.05) is 28.9 Å². The quantitative estimate of drug-likeness (QED) is 0.248. The molecule has 0 radical (unpaired) electrons. The summed E-state index contributed by atoms with van der Waals surface area (Å²) in [6.45, 7) is 0. The fourth-order valence-corrected chi connectivity index (χ4v) is 4.17. The first kappa shape index (κ1) is 23.7. The van der Waals surface area contributed by atoms with E-state index in [-0.39, 0.29) is 5.91 Å². The van der Waals surface area contributed by atoms with Crippen molar-refractivity contribution in [2.24, 2.45) is 0 Å². The van der Waals surface area contributed by atoms with E-state index in [0.717, 1.165) is 16.2 Å². The van der Waals surface area contributed by atoms with E-state index in [0.29, 0.717) is 49.8 Å². The van der Waals surface area contributed by atoms with Crippen molar-refractivity contribution in [1.82, 2.24) is 4.98 Å². The third-order valence-corrected chi connectivity index (χ3v) is 6.43. The van der Waals surface area contributed by atoms with Crippen LogP contribution in [0, 0.1) is 0 Å². The second-order valence-electron chi connectivity index (χ2n) is 7.94. The number of amides is 1. The number of nitrogens with zero attached hydrogens (tertiary/aromatic N) is 1. The van der Waals surface area contributed by atoms with Crippen LogP contribution >= 0.6 is 23.2 Å². The molecule has 0 aliphatic carbocycles. The van der Waals surface area contributed by atoms with Crippen LogP contribution in [0.5, 0.6) is 23.0 Å². The first-order chi connectivity index (χ1) is 17.4. The van der Waals surface area contributed by atoms with Crippen molar-refractivity contribution in [3.8, 4) is 23.0 Å². The van der Waals surface area contributed by atoms with Crippen LogP contribution in [0.2, 0.25) is 10.0 Å². The zero-order valence-electron chi connectivity index (χ0n) is 19.3. The van der Waals surface area contributed by atoms with Gasteiger partial charge in [0.25, 0.3) is 5.91 Å². The van der Waals surface area contributed by atoms with E-state index in [4.69, 9.17) is 37.4 Å². The molecule has 5 rings (SSSR count). The van der Waals surface area contributed by atoms with Crippen LogP contribution in [0.3, 0.4) is 0 Å². The maximum Gasteiger partial charge on any atom is 0.255 e. The van der Waals surface area contributed by atoms with E-state index in [9.17, 15) is 4.79 Å². The maximum absolute atomic E-state index is 12.8. The Morgan fingerprint density at radius 3 is 2.33 bits per heavy atom. The predicted molar refractivity (Wildman–Crippen MR) is 143 cm³/mol. The zero-order chi connectivity index (χ0) is 25.2. The lowest BCUT2D eigenvalue weighted by atomic mass is 10.1. The van der Waals surface area contributed by atoms with E-state index in [1.807, 2.05) is 36.4 Å². The second-order valence-corrected chi connectivity index (χ2v) is 8.76. The fraction of sp³-hybridized carbons (Fsp3) is 0.0714. The van der Waals surface area contributed by atoms with Crippen molar-refractivity contribution in [1.29, 1.82) is 0 Å².